The van der Waals surface area contributed by atoms with Gasteiger partial charge in [-0.1, -0.05) is 0 Å². The van der Waals surface area contributed by atoms with Gasteiger partial charge in [0.2, 0.25) is 0 Å². The number of hydrogen-bond acceptors (Lipinski definition) is 3. The van der Waals surface area contributed by atoms with E-state index >= 15 is 0 Å². The van der Waals surface area contributed by atoms with Crippen LogP contribution in [0.25, 0.3) is 0 Å². The van der Waals surface area contributed by atoms with Gasteiger partial charge in [0.15, 0.2) is 0 Å². The molecular formula is C9H11N3O. The van der Waals surface area contributed by atoms with Crippen LogP contribution >= 0.6 is 0 Å². The number of rotatable bonds is 2. The number of nitrogens with one attached hydrogen (secondary N) is 1. The summed E-state index contributed by atoms with van der Waals surface area (Å²) in [5, 5.41) is 2.86. The number of nitrogens with zero attached hydrogens (tertiary/aromatic N) is 1. The van der Waals surface area contributed by atoms with Gasteiger partial charge in [0.1, 0.15) is 0 Å². The van der Waals surface area contributed by atoms with E-state index in [0.29, 0.717) is 17.3 Å². The number of nitrogen functional groups attached to an aromatic ring is 1. The zero-order valence-corrected chi connectivity index (χ0v) is 7.16. The highest BCUT2D eigenvalue weighted by Crippen LogP contribution is 2.19. The zero-order chi connectivity index (χ0) is 9.26. The van der Waals surface area contributed by atoms with Crippen LogP contribution in [-0.2, 0) is 0 Å². The van der Waals surface area contributed by atoms with Crippen molar-refractivity contribution >= 4 is 11.6 Å². The summed E-state index contributed by atoms with van der Waals surface area (Å²) in [5.74, 6) is -0.0812. The van der Waals surface area contributed by atoms with Crippen LogP contribution in [-0.4, -0.2) is 16.9 Å². The average Bonchev–Trinajstić information content (AvgIpc) is 2.88. The molecule has 1 aromatic rings. The number of amides is 1. The molecule has 0 radical (unpaired) electrons. The van der Waals surface area contributed by atoms with Crippen LogP contribution in [0.15, 0.2) is 18.5 Å². The van der Waals surface area contributed by atoms with E-state index in [4.69, 9.17) is 5.73 Å². The molecule has 1 fully saturated rings. The summed E-state index contributed by atoms with van der Waals surface area (Å²) < 4.78 is 0. The summed E-state index contributed by atoms with van der Waals surface area (Å²) in [5.41, 5.74) is 6.55. The summed E-state index contributed by atoms with van der Waals surface area (Å²) in [6, 6.07) is 2.00. The molecule has 1 saturated carbocycles. The van der Waals surface area contributed by atoms with Crippen molar-refractivity contribution in [2.45, 2.75) is 18.9 Å². The fourth-order valence-corrected chi connectivity index (χ4v) is 1.08. The van der Waals surface area contributed by atoms with Crippen LogP contribution in [0, 0.1) is 0 Å². The molecule has 2 rings (SSSR count). The van der Waals surface area contributed by atoms with Crippen molar-refractivity contribution in [2.24, 2.45) is 0 Å². The molecule has 1 aliphatic carbocycles. The number of carbonyl (C=O) groups is 1. The molecular weight excluding hydrogens is 166 g/mol. The first-order chi connectivity index (χ1) is 6.25. The fraction of sp³-hybridized carbons (Fsp3) is 0.333. The lowest BCUT2D eigenvalue weighted by molar-refractivity contribution is 0.0951. The summed E-state index contributed by atoms with van der Waals surface area (Å²) in [6.45, 7) is 0. The molecule has 1 amide bonds. The SMILES string of the molecule is Nc1cncc(C(=O)NC2CC2)c1. The van der Waals surface area contributed by atoms with Crippen molar-refractivity contribution in [2.75, 3.05) is 5.73 Å². The Hall–Kier alpha value is -1.58. The third kappa shape index (κ3) is 1.96. The van der Waals surface area contributed by atoms with Gasteiger partial charge in [-0.05, 0) is 18.9 Å². The third-order valence-corrected chi connectivity index (χ3v) is 1.93. The van der Waals surface area contributed by atoms with Crippen molar-refractivity contribution in [3.8, 4) is 0 Å². The van der Waals surface area contributed by atoms with Crippen LogP contribution in [0.3, 0.4) is 0 Å². The maximum Gasteiger partial charge on any atom is 0.253 e. The minimum absolute atomic E-state index is 0.0812. The van der Waals surface area contributed by atoms with E-state index in [1.165, 1.54) is 12.4 Å². The molecule has 0 spiro atoms. The second-order valence-electron chi connectivity index (χ2n) is 3.25. The number of aromatic nitrogens is 1. The molecule has 3 N–H and O–H groups in total. The van der Waals surface area contributed by atoms with Crippen LogP contribution in [0.4, 0.5) is 5.69 Å². The van der Waals surface area contributed by atoms with Gasteiger partial charge in [-0.2, -0.15) is 0 Å². The normalized spacial score (nSPS) is 15.4. The summed E-state index contributed by atoms with van der Waals surface area (Å²) in [7, 11) is 0. The standard InChI is InChI=1S/C9H11N3O/c10-7-3-6(4-11-5-7)9(13)12-8-1-2-8/h3-5,8H,1-2,10H2,(H,12,13). The van der Waals surface area contributed by atoms with E-state index in [9.17, 15) is 4.79 Å². The van der Waals surface area contributed by atoms with Gasteiger partial charge in [-0.15, -0.1) is 0 Å². The lowest BCUT2D eigenvalue weighted by atomic mass is 10.2. The Morgan fingerprint density at radius 1 is 1.54 bits per heavy atom. The Kier molecular flexibility index (Phi) is 1.88. The van der Waals surface area contributed by atoms with Crippen molar-refractivity contribution < 1.29 is 4.79 Å². The Balaban J connectivity index is 2.09. The summed E-state index contributed by atoms with van der Waals surface area (Å²) in [4.78, 5) is 15.3. The maximum atomic E-state index is 11.4. The van der Waals surface area contributed by atoms with Crippen molar-refractivity contribution in [3.05, 3.63) is 24.0 Å². The molecule has 0 aromatic carbocycles. The van der Waals surface area contributed by atoms with E-state index in [0.717, 1.165) is 12.8 Å². The molecule has 0 unspecified atom stereocenters. The highest BCUT2D eigenvalue weighted by Gasteiger charge is 2.23. The largest absolute Gasteiger partial charge is 0.397 e. The van der Waals surface area contributed by atoms with Gasteiger partial charge in [0.25, 0.3) is 5.91 Å². The van der Waals surface area contributed by atoms with Gasteiger partial charge in [0.05, 0.1) is 11.3 Å². The first-order valence-electron chi connectivity index (χ1n) is 4.27. The molecule has 0 atom stereocenters. The van der Waals surface area contributed by atoms with E-state index < -0.39 is 0 Å². The van der Waals surface area contributed by atoms with Gasteiger partial charge in [0, 0.05) is 18.4 Å². The Bertz CT molecular complexity index is 333. The van der Waals surface area contributed by atoms with E-state index in [-0.39, 0.29) is 5.91 Å². The lowest BCUT2D eigenvalue weighted by Gasteiger charge is -2.02. The van der Waals surface area contributed by atoms with Crippen LogP contribution < -0.4 is 11.1 Å². The minimum atomic E-state index is -0.0812. The number of carbonyl (C=O) groups excluding carboxylic acids is 1. The fourth-order valence-electron chi connectivity index (χ4n) is 1.08. The van der Waals surface area contributed by atoms with Gasteiger partial charge in [-0.25, -0.2) is 0 Å². The number of nitrogens with two attached hydrogens (primary N) is 1. The summed E-state index contributed by atoms with van der Waals surface area (Å²) >= 11 is 0. The van der Waals surface area contributed by atoms with E-state index in [2.05, 4.69) is 10.3 Å². The molecule has 4 nitrogen and oxygen atoms in total. The molecule has 1 aliphatic rings. The van der Waals surface area contributed by atoms with Gasteiger partial charge in [-0.3, -0.25) is 9.78 Å². The van der Waals surface area contributed by atoms with Crippen molar-refractivity contribution in [3.63, 3.8) is 0 Å². The average molecular weight is 177 g/mol. The van der Waals surface area contributed by atoms with E-state index in [1.54, 1.807) is 6.07 Å². The zero-order valence-electron chi connectivity index (χ0n) is 7.16. The number of anilines is 1. The topological polar surface area (TPSA) is 68.0 Å². The van der Waals surface area contributed by atoms with E-state index in [1.807, 2.05) is 0 Å². The highest BCUT2D eigenvalue weighted by atomic mass is 16.1. The molecule has 1 heterocycles. The lowest BCUT2D eigenvalue weighted by Crippen LogP contribution is -2.25. The predicted octanol–water partition coefficient (Wildman–Crippen LogP) is 0.556. The van der Waals surface area contributed by atoms with Crippen LogP contribution in [0.1, 0.15) is 23.2 Å². The number of pyridine rings is 1. The Morgan fingerprint density at radius 2 is 2.31 bits per heavy atom. The van der Waals surface area contributed by atoms with Crippen molar-refractivity contribution in [1.29, 1.82) is 0 Å². The maximum absolute atomic E-state index is 11.4. The molecule has 1 aromatic heterocycles. The second-order valence-corrected chi connectivity index (χ2v) is 3.25. The first-order valence-corrected chi connectivity index (χ1v) is 4.27. The minimum Gasteiger partial charge on any atom is -0.397 e. The van der Waals surface area contributed by atoms with Gasteiger partial charge < -0.3 is 11.1 Å². The quantitative estimate of drug-likeness (QED) is 0.693. The highest BCUT2D eigenvalue weighted by molar-refractivity contribution is 5.94. The third-order valence-electron chi connectivity index (χ3n) is 1.93. The summed E-state index contributed by atoms with van der Waals surface area (Å²) in [6.07, 6.45) is 5.21. The second kappa shape index (κ2) is 3.05. The Labute approximate surface area is 76.2 Å². The van der Waals surface area contributed by atoms with Crippen LogP contribution in [0.2, 0.25) is 0 Å². The molecule has 4 heteroatoms. The molecule has 0 bridgehead atoms. The monoisotopic (exact) mass is 177 g/mol. The molecule has 0 saturated heterocycles. The smallest absolute Gasteiger partial charge is 0.253 e. The van der Waals surface area contributed by atoms with Crippen LogP contribution in [0.5, 0.6) is 0 Å². The molecule has 68 valence electrons. The molecule has 0 aliphatic heterocycles. The van der Waals surface area contributed by atoms with Crippen molar-refractivity contribution in [1.82, 2.24) is 10.3 Å². The number of hydrogen-bond donors (Lipinski definition) is 2. The predicted molar refractivity (Wildman–Crippen MR) is 49.1 cm³/mol. The van der Waals surface area contributed by atoms with Gasteiger partial charge >= 0.3 is 0 Å². The Morgan fingerprint density at radius 3 is 2.92 bits per heavy atom. The molecule has 13 heavy (non-hydrogen) atoms. The first kappa shape index (κ1) is 8.04.